The average molecular weight is 808 g/mol. The molecule has 7 rings (SSSR count). The fourth-order valence-electron chi connectivity index (χ4n) is 8.16. The zero-order valence-electron chi connectivity index (χ0n) is 31.2. The Labute approximate surface area is 344 Å². The van der Waals surface area contributed by atoms with Crippen LogP contribution in [0.2, 0.25) is 0 Å². The number of fused-ring (bicyclic) bond motifs is 4. The molecule has 3 heterocycles. The van der Waals surface area contributed by atoms with Crippen molar-refractivity contribution in [3.8, 4) is 23.0 Å². The molecular formula is C39H43ClNNaO10S2. The summed E-state index contributed by atoms with van der Waals surface area (Å²) in [4.78, 5) is 2.06. The van der Waals surface area contributed by atoms with E-state index in [4.69, 9.17) is 30.5 Å². The van der Waals surface area contributed by atoms with E-state index in [-0.39, 0.29) is 61.7 Å². The number of halogens is 1. The summed E-state index contributed by atoms with van der Waals surface area (Å²) in [5, 5.41) is 0.657. The summed E-state index contributed by atoms with van der Waals surface area (Å²) in [7, 11) is -8.49. The zero-order chi connectivity index (χ0) is 37.9. The maximum absolute atomic E-state index is 11.6. The van der Waals surface area contributed by atoms with Gasteiger partial charge in [-0.3, -0.25) is 4.55 Å². The minimum absolute atomic E-state index is 0. The molecule has 0 bridgehead atoms. The Kier molecular flexibility index (Phi) is 11.6. The molecular weight excluding hydrogens is 765 g/mol. The van der Waals surface area contributed by atoms with Crippen LogP contribution in [0.25, 0.3) is 5.57 Å². The number of allylic oxidation sites excluding steroid dienone is 10. The van der Waals surface area contributed by atoms with Gasteiger partial charge in [0.25, 0.3) is 10.1 Å². The molecule has 2 aromatic rings. The van der Waals surface area contributed by atoms with Gasteiger partial charge in [0, 0.05) is 45.6 Å². The molecule has 0 amide bonds. The van der Waals surface area contributed by atoms with E-state index in [9.17, 15) is 25.9 Å². The van der Waals surface area contributed by atoms with Gasteiger partial charge >= 0.3 is 29.6 Å². The summed E-state index contributed by atoms with van der Waals surface area (Å²) in [6.45, 7) is 9.06. The van der Waals surface area contributed by atoms with Crippen molar-refractivity contribution in [3.63, 3.8) is 0 Å². The summed E-state index contributed by atoms with van der Waals surface area (Å²) in [5.74, 6) is 1.79. The third kappa shape index (κ3) is 8.06. The maximum Gasteiger partial charge on any atom is 1.00 e. The van der Waals surface area contributed by atoms with Gasteiger partial charge < -0.3 is 28.4 Å². The van der Waals surface area contributed by atoms with Crippen LogP contribution in [0.1, 0.15) is 82.9 Å². The van der Waals surface area contributed by atoms with E-state index in [1.807, 2.05) is 36.4 Å². The first kappa shape index (κ1) is 40.9. The average Bonchev–Trinajstić information content (AvgIpc) is 3.81. The molecule has 3 aliphatic heterocycles. The second-order valence-corrected chi connectivity index (χ2v) is 18.5. The molecule has 2 aromatic carbocycles. The molecule has 0 fully saturated rings. The molecule has 0 saturated carbocycles. The van der Waals surface area contributed by atoms with E-state index in [0.717, 1.165) is 69.6 Å². The number of nitrogens with zero attached hydrogens (tertiary/aromatic N) is 1. The van der Waals surface area contributed by atoms with Crippen molar-refractivity contribution in [1.82, 2.24) is 0 Å². The monoisotopic (exact) mass is 807 g/mol. The molecule has 2 aliphatic carbocycles. The smallest absolute Gasteiger partial charge is 0.748 e. The molecule has 0 unspecified atom stereocenters. The van der Waals surface area contributed by atoms with E-state index in [1.165, 1.54) is 0 Å². The number of hydrogen-bond donors (Lipinski definition) is 1. The second-order valence-electron chi connectivity index (χ2n) is 15.0. The molecule has 5 aliphatic rings. The number of benzene rings is 2. The van der Waals surface area contributed by atoms with Crippen molar-refractivity contribution in [1.29, 1.82) is 0 Å². The maximum atomic E-state index is 11.6. The normalized spacial score (nSPS) is 21.1. The minimum atomic E-state index is -4.37. The van der Waals surface area contributed by atoms with Crippen LogP contribution in [0, 0.1) is 0 Å². The molecule has 284 valence electrons. The number of anilines is 1. The molecule has 15 heteroatoms. The van der Waals surface area contributed by atoms with Crippen LogP contribution in [-0.2, 0) is 31.1 Å². The van der Waals surface area contributed by atoms with Crippen molar-refractivity contribution in [2.24, 2.45) is 0 Å². The Bertz CT molecular complexity index is 2250. The van der Waals surface area contributed by atoms with E-state index < -0.39 is 36.8 Å². The quantitative estimate of drug-likeness (QED) is 0.250. The summed E-state index contributed by atoms with van der Waals surface area (Å²) < 4.78 is 89.8. The molecule has 0 radical (unpaired) electrons. The molecule has 11 nitrogen and oxygen atoms in total. The third-order valence-electron chi connectivity index (χ3n) is 10.9. The summed E-state index contributed by atoms with van der Waals surface area (Å²) >= 11 is 7.16. The van der Waals surface area contributed by atoms with Crippen LogP contribution in [-0.4, -0.2) is 57.6 Å². The summed E-state index contributed by atoms with van der Waals surface area (Å²) in [6, 6.07) is 7.85. The van der Waals surface area contributed by atoms with Gasteiger partial charge in [-0.25, -0.2) is 8.42 Å². The Morgan fingerprint density at radius 2 is 1.46 bits per heavy atom. The fraction of sp³-hybridized carbons (Fsp3) is 0.436. The Morgan fingerprint density at radius 1 is 0.833 bits per heavy atom. The van der Waals surface area contributed by atoms with Gasteiger partial charge in [-0.1, -0.05) is 57.5 Å². The van der Waals surface area contributed by atoms with Gasteiger partial charge in [-0.05, 0) is 102 Å². The van der Waals surface area contributed by atoms with Gasteiger partial charge in [0.1, 0.15) is 0 Å². The second kappa shape index (κ2) is 15.3. The zero-order valence-corrected chi connectivity index (χ0v) is 35.5. The van der Waals surface area contributed by atoms with E-state index >= 15 is 0 Å². The molecule has 0 atom stereocenters. The predicted octanol–water partition coefficient (Wildman–Crippen LogP) is 4.64. The number of rotatable bonds is 11. The predicted molar refractivity (Wildman–Crippen MR) is 202 cm³/mol. The fourth-order valence-corrected chi connectivity index (χ4v) is 9.46. The Balaban J connectivity index is 0.00000497. The first-order valence-corrected chi connectivity index (χ1v) is 21.3. The van der Waals surface area contributed by atoms with Crippen LogP contribution < -0.4 is 53.4 Å². The minimum Gasteiger partial charge on any atom is -0.748 e. The van der Waals surface area contributed by atoms with Crippen LogP contribution >= 0.6 is 11.6 Å². The summed E-state index contributed by atoms with van der Waals surface area (Å²) in [5.41, 5.74) is 7.91. The SMILES string of the molecule is CC1(C)C(/C=C/C2=C(Cl)C(=C/C=C3\N(CCCS(=O)(=O)[O-])c4cc5c(cc4C3(C)C)OCO5)/CCC2)=C(CCCS(=O)(=O)O)c2cc3c(cc21)OCO3.[Na+]. The molecule has 0 aromatic heterocycles. The summed E-state index contributed by atoms with van der Waals surface area (Å²) in [6.07, 6.45) is 11.5. The van der Waals surface area contributed by atoms with Crippen molar-refractivity contribution in [3.05, 3.63) is 92.7 Å². The Hall–Kier alpha value is -2.75. The van der Waals surface area contributed by atoms with Gasteiger partial charge in [0.15, 0.2) is 23.0 Å². The first-order valence-electron chi connectivity index (χ1n) is 17.7. The van der Waals surface area contributed by atoms with Gasteiger partial charge in [0.2, 0.25) is 13.6 Å². The van der Waals surface area contributed by atoms with Crippen molar-refractivity contribution < 1.29 is 74.4 Å². The number of ether oxygens (including phenoxy) is 4. The van der Waals surface area contributed by atoms with E-state index in [2.05, 4.69) is 44.7 Å². The molecule has 1 N–H and O–H groups in total. The van der Waals surface area contributed by atoms with Gasteiger partial charge in [-0.15, -0.1) is 0 Å². The number of hydrogen-bond acceptors (Lipinski definition) is 10. The largest absolute Gasteiger partial charge is 1.00 e. The van der Waals surface area contributed by atoms with E-state index in [1.54, 1.807) is 0 Å². The Morgan fingerprint density at radius 3 is 2.11 bits per heavy atom. The van der Waals surface area contributed by atoms with Gasteiger partial charge in [0.05, 0.1) is 15.9 Å². The molecule has 0 spiro atoms. The van der Waals surface area contributed by atoms with Crippen LogP contribution in [0.15, 0.2) is 76.0 Å². The first-order chi connectivity index (χ1) is 24.9. The van der Waals surface area contributed by atoms with Crippen LogP contribution in [0.4, 0.5) is 5.69 Å². The topological polar surface area (TPSA) is 152 Å². The van der Waals surface area contributed by atoms with Gasteiger partial charge in [-0.2, -0.15) is 8.42 Å². The standard InChI is InChI=1S/C39H44ClNO10S2.Na/c1-38(2)28(26(10-6-16-52(42,43)44)27-18-32-33(19-29(27)38)49-22-48-32)13-11-24-8-5-9-25(37(24)40)12-14-36-39(3,4)30-20-34-35(51-23-50-34)21-31(30)41(36)15-7-17-53(45,46)47;/h11-14,18-21H,5-10,15-17,22-23H2,1-4H3,(H,42,43,44)(H,45,46,47);/q;+1/p-1/b13-11+,25-12+,36-14-;. The molecule has 0 saturated heterocycles. The van der Waals surface area contributed by atoms with Crippen molar-refractivity contribution in [2.75, 3.05) is 36.5 Å². The van der Waals surface area contributed by atoms with Crippen molar-refractivity contribution in [2.45, 2.75) is 77.0 Å². The molecule has 54 heavy (non-hydrogen) atoms. The van der Waals surface area contributed by atoms with Crippen LogP contribution in [0.3, 0.4) is 0 Å². The third-order valence-corrected chi connectivity index (χ3v) is 12.9. The van der Waals surface area contributed by atoms with Crippen molar-refractivity contribution >= 4 is 43.1 Å². The van der Waals surface area contributed by atoms with Crippen LogP contribution in [0.5, 0.6) is 23.0 Å². The van der Waals surface area contributed by atoms with E-state index in [0.29, 0.717) is 41.0 Å².